The molecule has 1 aliphatic carbocycles. The van der Waals surface area contributed by atoms with Crippen LogP contribution in [-0.4, -0.2) is 34.4 Å². The van der Waals surface area contributed by atoms with Crippen LogP contribution < -0.4 is 16.4 Å². The molecule has 1 aromatic carbocycles. The number of rotatable bonds is 8. The van der Waals surface area contributed by atoms with Crippen molar-refractivity contribution >= 4 is 17.8 Å². The molecule has 2 aromatic rings. The molecule has 0 bridgehead atoms. The molecule has 3 rings (SSSR count). The maximum Gasteiger partial charge on any atom is 0.252 e. The average Bonchev–Trinajstić information content (AvgIpc) is 3.40. The monoisotopic (exact) mass is 339 g/mol. The first-order valence-corrected chi connectivity index (χ1v) is 8.34. The van der Waals surface area contributed by atoms with Crippen molar-refractivity contribution in [1.29, 1.82) is 0 Å². The second-order valence-electron chi connectivity index (χ2n) is 6.10. The lowest BCUT2D eigenvalue weighted by Crippen LogP contribution is -2.28. The number of carbonyl (C=O) groups is 2. The van der Waals surface area contributed by atoms with E-state index in [-0.39, 0.29) is 5.91 Å². The first kappa shape index (κ1) is 16.9. The Bertz CT molecular complexity index is 759. The van der Waals surface area contributed by atoms with Crippen LogP contribution in [0.1, 0.15) is 34.5 Å². The van der Waals surface area contributed by atoms with Gasteiger partial charge >= 0.3 is 0 Å². The van der Waals surface area contributed by atoms with Gasteiger partial charge in [0.05, 0.1) is 17.7 Å². The number of nitrogens with two attached hydrogens (primary N) is 1. The van der Waals surface area contributed by atoms with Crippen LogP contribution in [0.5, 0.6) is 0 Å². The molecule has 1 fully saturated rings. The van der Waals surface area contributed by atoms with Gasteiger partial charge in [-0.15, -0.1) is 0 Å². The molecule has 4 N–H and O–H groups in total. The quantitative estimate of drug-likeness (QED) is 0.666. The zero-order valence-corrected chi connectivity index (χ0v) is 13.9. The summed E-state index contributed by atoms with van der Waals surface area (Å²) < 4.78 is 0. The Balaban J connectivity index is 1.57. The number of aromatic nitrogens is 2. The smallest absolute Gasteiger partial charge is 0.252 e. The molecule has 130 valence electrons. The topological polar surface area (TPSA) is 110 Å². The normalized spacial score (nSPS) is 13.3. The second-order valence-corrected chi connectivity index (χ2v) is 6.10. The fourth-order valence-electron chi connectivity index (χ4n) is 2.46. The summed E-state index contributed by atoms with van der Waals surface area (Å²) in [4.78, 5) is 32.0. The van der Waals surface area contributed by atoms with Gasteiger partial charge in [-0.1, -0.05) is 30.3 Å². The highest BCUT2D eigenvalue weighted by molar-refractivity contribution is 5.93. The molecule has 7 nitrogen and oxygen atoms in total. The van der Waals surface area contributed by atoms with Crippen LogP contribution >= 0.6 is 0 Å². The highest BCUT2D eigenvalue weighted by Gasteiger charge is 2.22. The second kappa shape index (κ2) is 7.74. The Morgan fingerprint density at radius 1 is 1.20 bits per heavy atom. The molecule has 1 aliphatic rings. The van der Waals surface area contributed by atoms with Gasteiger partial charge in [0.2, 0.25) is 11.9 Å². The van der Waals surface area contributed by atoms with E-state index in [1.54, 1.807) is 0 Å². The Labute approximate surface area is 146 Å². The van der Waals surface area contributed by atoms with E-state index >= 15 is 0 Å². The molecule has 0 saturated heterocycles. The largest absolute Gasteiger partial charge is 0.365 e. The number of anilines is 1. The summed E-state index contributed by atoms with van der Waals surface area (Å²) in [7, 11) is 0. The number of primary amides is 1. The van der Waals surface area contributed by atoms with Gasteiger partial charge in [-0.25, -0.2) is 9.97 Å². The third kappa shape index (κ3) is 5.00. The summed E-state index contributed by atoms with van der Waals surface area (Å²) in [6.07, 6.45) is 4.39. The zero-order chi connectivity index (χ0) is 17.6. The molecule has 0 radical (unpaired) electrons. The van der Waals surface area contributed by atoms with Crippen LogP contribution in [0.2, 0.25) is 0 Å². The van der Waals surface area contributed by atoms with Gasteiger partial charge in [0.15, 0.2) is 0 Å². The van der Waals surface area contributed by atoms with Crippen LogP contribution in [0.25, 0.3) is 0 Å². The van der Waals surface area contributed by atoms with Gasteiger partial charge in [-0.3, -0.25) is 9.59 Å². The number of amides is 2. The molecule has 25 heavy (non-hydrogen) atoms. The van der Waals surface area contributed by atoms with Crippen molar-refractivity contribution in [2.75, 3.05) is 11.9 Å². The Kier molecular flexibility index (Phi) is 5.23. The minimum absolute atomic E-state index is 0.0720. The van der Waals surface area contributed by atoms with Crippen molar-refractivity contribution in [3.63, 3.8) is 0 Å². The highest BCUT2D eigenvalue weighted by Crippen LogP contribution is 2.23. The van der Waals surface area contributed by atoms with E-state index in [4.69, 9.17) is 5.73 Å². The van der Waals surface area contributed by atoms with E-state index < -0.39 is 5.91 Å². The molecular weight excluding hydrogens is 318 g/mol. The molecule has 1 heterocycles. The molecule has 0 aliphatic heterocycles. The van der Waals surface area contributed by atoms with Crippen molar-refractivity contribution in [2.45, 2.75) is 31.7 Å². The van der Waals surface area contributed by atoms with E-state index in [9.17, 15) is 9.59 Å². The van der Waals surface area contributed by atoms with E-state index in [2.05, 4.69) is 20.6 Å². The standard InChI is InChI=1S/C18H21N5O2/c19-17(25)14-11-21-18(22-13-6-7-13)23-15(14)8-9-20-16(24)10-12-4-2-1-3-5-12/h1-5,11,13H,6-10H2,(H2,19,25)(H,20,24)(H,21,22,23). The first-order valence-electron chi connectivity index (χ1n) is 8.34. The van der Waals surface area contributed by atoms with Crippen molar-refractivity contribution < 1.29 is 9.59 Å². The third-order valence-corrected chi connectivity index (χ3v) is 3.94. The van der Waals surface area contributed by atoms with Crippen LogP contribution in [0.15, 0.2) is 36.5 Å². The number of benzene rings is 1. The van der Waals surface area contributed by atoms with Crippen LogP contribution in [-0.2, 0) is 17.6 Å². The summed E-state index contributed by atoms with van der Waals surface area (Å²) in [5, 5.41) is 6.04. The summed E-state index contributed by atoms with van der Waals surface area (Å²) in [6.45, 7) is 0.381. The Morgan fingerprint density at radius 3 is 2.64 bits per heavy atom. The molecular formula is C18H21N5O2. The van der Waals surface area contributed by atoms with Crippen molar-refractivity contribution in [2.24, 2.45) is 5.73 Å². The molecule has 0 atom stereocenters. The summed E-state index contributed by atoms with van der Waals surface area (Å²) in [5.74, 6) is -0.140. The minimum Gasteiger partial charge on any atom is -0.365 e. The lowest BCUT2D eigenvalue weighted by atomic mass is 10.1. The van der Waals surface area contributed by atoms with E-state index in [0.717, 1.165) is 18.4 Å². The maximum absolute atomic E-state index is 12.0. The summed E-state index contributed by atoms with van der Waals surface area (Å²) in [5.41, 5.74) is 7.18. The lowest BCUT2D eigenvalue weighted by Gasteiger charge is -2.10. The molecule has 1 aromatic heterocycles. The van der Waals surface area contributed by atoms with Crippen LogP contribution in [0, 0.1) is 0 Å². The molecule has 7 heteroatoms. The van der Waals surface area contributed by atoms with Crippen LogP contribution in [0.3, 0.4) is 0 Å². The Morgan fingerprint density at radius 2 is 1.96 bits per heavy atom. The van der Waals surface area contributed by atoms with E-state index in [0.29, 0.717) is 42.6 Å². The summed E-state index contributed by atoms with van der Waals surface area (Å²) in [6, 6.07) is 9.94. The fraction of sp³-hybridized carbons (Fsp3) is 0.333. The lowest BCUT2D eigenvalue weighted by molar-refractivity contribution is -0.120. The van der Waals surface area contributed by atoms with Gasteiger partial charge in [0.1, 0.15) is 0 Å². The van der Waals surface area contributed by atoms with Crippen molar-refractivity contribution in [3.05, 3.63) is 53.3 Å². The van der Waals surface area contributed by atoms with Gasteiger partial charge in [0, 0.05) is 25.2 Å². The van der Waals surface area contributed by atoms with E-state index in [1.807, 2.05) is 30.3 Å². The van der Waals surface area contributed by atoms with Gasteiger partial charge < -0.3 is 16.4 Å². The van der Waals surface area contributed by atoms with Gasteiger partial charge in [0.25, 0.3) is 5.91 Å². The molecule has 0 unspecified atom stereocenters. The Hall–Kier alpha value is -2.96. The zero-order valence-electron chi connectivity index (χ0n) is 13.9. The number of nitrogens with one attached hydrogen (secondary N) is 2. The van der Waals surface area contributed by atoms with Gasteiger partial charge in [-0.2, -0.15) is 0 Å². The predicted octanol–water partition coefficient (Wildman–Crippen LogP) is 1.05. The highest BCUT2D eigenvalue weighted by atomic mass is 16.1. The number of hydrogen-bond acceptors (Lipinski definition) is 5. The molecule has 0 spiro atoms. The molecule has 1 saturated carbocycles. The first-order chi connectivity index (χ1) is 12.1. The van der Waals surface area contributed by atoms with E-state index in [1.165, 1.54) is 6.20 Å². The number of hydrogen-bond donors (Lipinski definition) is 3. The summed E-state index contributed by atoms with van der Waals surface area (Å²) >= 11 is 0. The van der Waals surface area contributed by atoms with Crippen molar-refractivity contribution in [3.8, 4) is 0 Å². The van der Waals surface area contributed by atoms with Gasteiger partial charge in [-0.05, 0) is 18.4 Å². The molecule has 2 amide bonds. The average molecular weight is 339 g/mol. The maximum atomic E-state index is 12.0. The van der Waals surface area contributed by atoms with Crippen LogP contribution in [0.4, 0.5) is 5.95 Å². The SMILES string of the molecule is NC(=O)c1cnc(NC2CC2)nc1CCNC(=O)Cc1ccccc1. The number of carbonyl (C=O) groups excluding carboxylic acids is 2. The van der Waals surface area contributed by atoms with Crippen molar-refractivity contribution in [1.82, 2.24) is 15.3 Å². The third-order valence-electron chi connectivity index (χ3n) is 3.94. The number of nitrogens with zero attached hydrogens (tertiary/aromatic N) is 2. The predicted molar refractivity (Wildman–Crippen MR) is 94.1 cm³/mol. The fourth-order valence-corrected chi connectivity index (χ4v) is 2.46. The minimum atomic E-state index is -0.566.